The lowest BCUT2D eigenvalue weighted by atomic mass is 10.2. The first-order valence-electron chi connectivity index (χ1n) is 6.51. The summed E-state index contributed by atoms with van der Waals surface area (Å²) in [6.07, 6.45) is 0. The molecular weight excluding hydrogens is 292 g/mol. The molecule has 7 heteroatoms. The third kappa shape index (κ3) is 4.64. The van der Waals surface area contributed by atoms with Crippen molar-refractivity contribution in [3.05, 3.63) is 29.8 Å². The molecule has 0 saturated heterocycles. The van der Waals surface area contributed by atoms with Gasteiger partial charge in [-0.1, -0.05) is 12.1 Å². The van der Waals surface area contributed by atoms with E-state index in [9.17, 15) is 18.0 Å². The molecule has 0 aliphatic carbocycles. The molecule has 0 aromatic heterocycles. The van der Waals surface area contributed by atoms with E-state index in [1.54, 1.807) is 19.9 Å². The standard InChI is InChI=1S/C14H20N2O4S/c1-10(2)15-14(18)9-16(4)21(19,20)13-7-5-6-12(8-13)11(3)17/h5-8,10H,9H2,1-4H3,(H,15,18). The van der Waals surface area contributed by atoms with Crippen LogP contribution in [0.4, 0.5) is 0 Å². The van der Waals surface area contributed by atoms with Crippen molar-refractivity contribution in [3.8, 4) is 0 Å². The number of benzene rings is 1. The lowest BCUT2D eigenvalue weighted by molar-refractivity contribution is -0.121. The number of nitrogens with one attached hydrogen (secondary N) is 1. The van der Waals surface area contributed by atoms with Crippen LogP contribution in [0, 0.1) is 0 Å². The van der Waals surface area contributed by atoms with Gasteiger partial charge in [0.05, 0.1) is 11.4 Å². The highest BCUT2D eigenvalue weighted by atomic mass is 32.2. The van der Waals surface area contributed by atoms with Gasteiger partial charge >= 0.3 is 0 Å². The summed E-state index contributed by atoms with van der Waals surface area (Å²) in [5.41, 5.74) is 0.316. The molecule has 6 nitrogen and oxygen atoms in total. The van der Waals surface area contributed by atoms with E-state index in [0.717, 1.165) is 4.31 Å². The van der Waals surface area contributed by atoms with Gasteiger partial charge < -0.3 is 5.32 Å². The summed E-state index contributed by atoms with van der Waals surface area (Å²) >= 11 is 0. The Balaban J connectivity index is 2.97. The smallest absolute Gasteiger partial charge is 0.243 e. The predicted molar refractivity (Wildman–Crippen MR) is 79.5 cm³/mol. The maximum atomic E-state index is 12.4. The number of likely N-dealkylation sites (N-methyl/N-ethyl adjacent to an activating group) is 1. The van der Waals surface area contributed by atoms with E-state index in [2.05, 4.69) is 5.32 Å². The molecule has 0 bridgehead atoms. The Bertz CT molecular complexity index is 638. The van der Waals surface area contributed by atoms with E-state index < -0.39 is 10.0 Å². The monoisotopic (exact) mass is 312 g/mol. The maximum Gasteiger partial charge on any atom is 0.243 e. The van der Waals surface area contributed by atoms with Crippen LogP contribution >= 0.6 is 0 Å². The van der Waals surface area contributed by atoms with Gasteiger partial charge in [0.25, 0.3) is 0 Å². The molecule has 1 aromatic rings. The minimum absolute atomic E-state index is 0.00459. The van der Waals surface area contributed by atoms with E-state index in [4.69, 9.17) is 0 Å². The van der Waals surface area contributed by atoms with Crippen LogP contribution in [0.1, 0.15) is 31.1 Å². The summed E-state index contributed by atoms with van der Waals surface area (Å²) in [7, 11) is -2.48. The van der Waals surface area contributed by atoms with Gasteiger partial charge in [-0.3, -0.25) is 9.59 Å². The molecule has 1 aromatic carbocycles. The van der Waals surface area contributed by atoms with E-state index in [1.807, 2.05) is 0 Å². The third-order valence-electron chi connectivity index (χ3n) is 2.76. The number of nitrogens with zero attached hydrogens (tertiary/aromatic N) is 1. The van der Waals surface area contributed by atoms with Gasteiger partial charge in [0, 0.05) is 18.7 Å². The zero-order valence-electron chi connectivity index (χ0n) is 12.6. The van der Waals surface area contributed by atoms with Crippen LogP contribution in [0.15, 0.2) is 29.2 Å². The van der Waals surface area contributed by atoms with Gasteiger partial charge in [-0.25, -0.2) is 8.42 Å². The molecular formula is C14H20N2O4S. The molecule has 0 atom stereocenters. The summed E-state index contributed by atoms with van der Waals surface area (Å²) in [6, 6.07) is 5.71. The molecule has 0 spiro atoms. The first kappa shape index (κ1) is 17.3. The van der Waals surface area contributed by atoms with Crippen LogP contribution in [0.3, 0.4) is 0 Å². The Kier molecular flexibility index (Phi) is 5.62. The number of amides is 1. The first-order valence-corrected chi connectivity index (χ1v) is 7.95. The number of rotatable bonds is 6. The number of sulfonamides is 1. The van der Waals surface area contributed by atoms with E-state index in [-0.39, 0.29) is 29.2 Å². The van der Waals surface area contributed by atoms with Gasteiger partial charge in [0.1, 0.15) is 0 Å². The number of ketones is 1. The summed E-state index contributed by atoms with van der Waals surface area (Å²) in [5.74, 6) is -0.592. The number of Topliss-reactive ketones (excluding diaryl/α,β-unsaturated/α-hetero) is 1. The molecule has 0 fully saturated rings. The van der Waals surface area contributed by atoms with E-state index in [1.165, 1.54) is 32.2 Å². The minimum Gasteiger partial charge on any atom is -0.353 e. The maximum absolute atomic E-state index is 12.4. The van der Waals surface area contributed by atoms with Crippen molar-refractivity contribution < 1.29 is 18.0 Å². The molecule has 0 heterocycles. The van der Waals surface area contributed by atoms with Crippen molar-refractivity contribution in [3.63, 3.8) is 0 Å². The van der Waals surface area contributed by atoms with Crippen LogP contribution < -0.4 is 5.32 Å². The fourth-order valence-corrected chi connectivity index (χ4v) is 2.88. The Morgan fingerprint density at radius 2 is 1.90 bits per heavy atom. The van der Waals surface area contributed by atoms with Crippen molar-refractivity contribution in [2.75, 3.05) is 13.6 Å². The molecule has 0 radical (unpaired) electrons. The van der Waals surface area contributed by atoms with Crippen molar-refractivity contribution in [1.29, 1.82) is 0 Å². The van der Waals surface area contributed by atoms with Crippen molar-refractivity contribution in [1.82, 2.24) is 9.62 Å². The number of hydrogen-bond donors (Lipinski definition) is 1. The van der Waals surface area contributed by atoms with Crippen LogP contribution in [-0.2, 0) is 14.8 Å². The van der Waals surface area contributed by atoms with Crippen molar-refractivity contribution in [2.45, 2.75) is 31.7 Å². The second kappa shape index (κ2) is 6.82. The lowest BCUT2D eigenvalue weighted by Crippen LogP contribution is -2.40. The Hall–Kier alpha value is -1.73. The van der Waals surface area contributed by atoms with Gasteiger partial charge in [-0.2, -0.15) is 4.31 Å². The summed E-state index contributed by atoms with van der Waals surface area (Å²) in [6.45, 7) is 4.68. The summed E-state index contributed by atoms with van der Waals surface area (Å²) in [4.78, 5) is 23.0. The Morgan fingerprint density at radius 1 is 1.29 bits per heavy atom. The minimum atomic E-state index is -3.81. The Morgan fingerprint density at radius 3 is 2.43 bits per heavy atom. The molecule has 21 heavy (non-hydrogen) atoms. The number of carbonyl (C=O) groups is 2. The van der Waals surface area contributed by atoms with Crippen molar-refractivity contribution >= 4 is 21.7 Å². The quantitative estimate of drug-likeness (QED) is 0.795. The van der Waals surface area contributed by atoms with Gasteiger partial charge in [0.15, 0.2) is 5.78 Å². The van der Waals surface area contributed by atoms with Gasteiger partial charge in [-0.05, 0) is 32.9 Å². The van der Waals surface area contributed by atoms with Crippen LogP contribution in [0.25, 0.3) is 0 Å². The third-order valence-corrected chi connectivity index (χ3v) is 4.56. The van der Waals surface area contributed by atoms with Gasteiger partial charge in [0.2, 0.25) is 15.9 Å². The highest BCUT2D eigenvalue weighted by molar-refractivity contribution is 7.89. The largest absolute Gasteiger partial charge is 0.353 e. The molecule has 1 rings (SSSR count). The average Bonchev–Trinajstić information content (AvgIpc) is 2.37. The van der Waals surface area contributed by atoms with Crippen LogP contribution in [0.2, 0.25) is 0 Å². The zero-order valence-corrected chi connectivity index (χ0v) is 13.4. The molecule has 116 valence electrons. The zero-order chi connectivity index (χ0) is 16.2. The highest BCUT2D eigenvalue weighted by Crippen LogP contribution is 2.16. The highest BCUT2D eigenvalue weighted by Gasteiger charge is 2.23. The molecule has 0 saturated carbocycles. The second-order valence-electron chi connectivity index (χ2n) is 5.07. The van der Waals surface area contributed by atoms with Crippen molar-refractivity contribution in [2.24, 2.45) is 0 Å². The molecule has 0 unspecified atom stereocenters. The average molecular weight is 312 g/mol. The topological polar surface area (TPSA) is 83.6 Å². The fraction of sp³-hybridized carbons (Fsp3) is 0.429. The second-order valence-corrected chi connectivity index (χ2v) is 7.11. The SMILES string of the molecule is CC(=O)c1cccc(S(=O)(=O)N(C)CC(=O)NC(C)C)c1. The van der Waals surface area contributed by atoms with Crippen LogP contribution in [0.5, 0.6) is 0 Å². The molecule has 1 amide bonds. The molecule has 0 aliphatic heterocycles. The Labute approximate surface area is 125 Å². The lowest BCUT2D eigenvalue weighted by Gasteiger charge is -2.18. The summed E-state index contributed by atoms with van der Waals surface area (Å²) < 4.78 is 25.7. The number of carbonyl (C=O) groups excluding carboxylic acids is 2. The summed E-state index contributed by atoms with van der Waals surface area (Å²) in [5, 5.41) is 2.63. The first-order chi connectivity index (χ1) is 9.64. The van der Waals surface area contributed by atoms with Gasteiger partial charge in [-0.15, -0.1) is 0 Å². The normalized spacial score (nSPS) is 11.7. The molecule has 1 N–H and O–H groups in total. The number of hydrogen-bond acceptors (Lipinski definition) is 4. The van der Waals surface area contributed by atoms with E-state index in [0.29, 0.717) is 5.56 Å². The molecule has 0 aliphatic rings. The fourth-order valence-electron chi connectivity index (χ4n) is 1.71. The van der Waals surface area contributed by atoms with Crippen LogP contribution in [-0.4, -0.2) is 44.0 Å². The van der Waals surface area contributed by atoms with E-state index >= 15 is 0 Å². The predicted octanol–water partition coefficient (Wildman–Crippen LogP) is 1.03.